The Bertz CT molecular complexity index is 626. The van der Waals surface area contributed by atoms with E-state index in [1.54, 1.807) is 0 Å². The first-order chi connectivity index (χ1) is 15.3. The summed E-state index contributed by atoms with van der Waals surface area (Å²) in [6.45, 7) is 0.974. The summed E-state index contributed by atoms with van der Waals surface area (Å²) in [4.78, 5) is 52.5. The molecule has 0 unspecified atom stereocenters. The van der Waals surface area contributed by atoms with E-state index in [9.17, 15) is 19.2 Å². The van der Waals surface area contributed by atoms with Crippen LogP contribution in [0.3, 0.4) is 0 Å². The summed E-state index contributed by atoms with van der Waals surface area (Å²) in [5, 5.41) is 0. The highest BCUT2D eigenvalue weighted by Crippen LogP contribution is 2.26. The summed E-state index contributed by atoms with van der Waals surface area (Å²) in [6, 6.07) is -2.70. The Morgan fingerprint density at radius 2 is 1.16 bits per heavy atom. The zero-order valence-corrected chi connectivity index (χ0v) is 20.3. The highest BCUT2D eigenvalue weighted by Gasteiger charge is 2.36. The molecule has 4 atom stereocenters. The molecule has 2 amide bonds. The minimum absolute atomic E-state index is 0.275. The van der Waals surface area contributed by atoms with Gasteiger partial charge in [-0.1, -0.05) is 21.6 Å². The lowest BCUT2D eigenvalue weighted by Crippen LogP contribution is -2.54. The van der Waals surface area contributed by atoms with Gasteiger partial charge in [0.2, 0.25) is 11.8 Å². The minimum atomic E-state index is -0.768. The number of methoxy groups -OCH3 is 2. The van der Waals surface area contributed by atoms with E-state index in [2.05, 4.69) is 0 Å². The Hall–Kier alpha value is -1.50. The van der Waals surface area contributed by atoms with Crippen LogP contribution < -0.4 is 11.5 Å². The van der Waals surface area contributed by atoms with Gasteiger partial charge in [0.1, 0.15) is 12.1 Å². The van der Waals surface area contributed by atoms with E-state index in [1.165, 1.54) is 45.6 Å². The van der Waals surface area contributed by atoms with Gasteiger partial charge >= 0.3 is 11.9 Å². The maximum atomic E-state index is 12.7. The summed E-state index contributed by atoms with van der Waals surface area (Å²) in [6.07, 6.45) is 4.54. The zero-order chi connectivity index (χ0) is 23.7. The van der Waals surface area contributed by atoms with Crippen LogP contribution in [-0.4, -0.2) is 96.5 Å². The Balaban J connectivity index is 1.79. The van der Waals surface area contributed by atoms with E-state index >= 15 is 0 Å². The number of nitrogens with zero attached hydrogens (tertiary/aromatic N) is 2. The molecule has 0 aromatic carbocycles. The van der Waals surface area contributed by atoms with Crippen molar-refractivity contribution in [2.24, 2.45) is 11.5 Å². The maximum absolute atomic E-state index is 12.7. The van der Waals surface area contributed by atoms with Crippen LogP contribution in [-0.2, 0) is 28.7 Å². The lowest BCUT2D eigenvalue weighted by atomic mass is 10.0. The van der Waals surface area contributed by atoms with E-state index in [4.69, 9.17) is 20.9 Å². The number of likely N-dealkylation sites (tertiary alicyclic amines) is 2. The van der Waals surface area contributed by atoms with Crippen LogP contribution in [0.4, 0.5) is 0 Å². The lowest BCUT2D eigenvalue weighted by Gasteiger charge is -2.35. The Morgan fingerprint density at radius 3 is 1.50 bits per heavy atom. The first-order valence-corrected chi connectivity index (χ1v) is 13.3. The van der Waals surface area contributed by atoms with Crippen molar-refractivity contribution in [1.82, 2.24) is 9.80 Å². The molecular weight excluding hydrogens is 456 g/mol. The molecule has 2 fully saturated rings. The molecule has 10 nitrogen and oxygen atoms in total. The van der Waals surface area contributed by atoms with Crippen molar-refractivity contribution < 1.29 is 28.7 Å². The molecule has 2 rings (SSSR count). The molecule has 2 aliphatic rings. The third-order valence-corrected chi connectivity index (χ3v) is 8.20. The van der Waals surface area contributed by atoms with Crippen molar-refractivity contribution in [2.75, 3.05) is 38.8 Å². The van der Waals surface area contributed by atoms with Crippen molar-refractivity contribution >= 4 is 45.3 Å². The maximum Gasteiger partial charge on any atom is 0.328 e. The van der Waals surface area contributed by atoms with Crippen LogP contribution in [0.5, 0.6) is 0 Å². The van der Waals surface area contributed by atoms with Gasteiger partial charge in [0.25, 0.3) is 0 Å². The number of rotatable bonds is 9. The van der Waals surface area contributed by atoms with Crippen LogP contribution in [0.25, 0.3) is 0 Å². The molecule has 4 N–H and O–H groups in total. The number of piperidine rings is 2. The van der Waals surface area contributed by atoms with Gasteiger partial charge in [-0.25, -0.2) is 9.59 Å². The number of nitrogens with two attached hydrogens (primary N) is 2. The quantitative estimate of drug-likeness (QED) is 0.260. The van der Waals surface area contributed by atoms with Crippen molar-refractivity contribution in [2.45, 2.75) is 62.7 Å². The Morgan fingerprint density at radius 1 is 0.781 bits per heavy atom. The molecule has 0 aliphatic carbocycles. The van der Waals surface area contributed by atoms with E-state index in [-0.39, 0.29) is 11.8 Å². The number of carbonyl (C=O) groups is 4. The summed E-state index contributed by atoms with van der Waals surface area (Å²) >= 11 is 0. The zero-order valence-electron chi connectivity index (χ0n) is 18.7. The minimum Gasteiger partial charge on any atom is -0.467 e. The second-order valence-electron chi connectivity index (χ2n) is 7.91. The molecule has 0 bridgehead atoms. The first-order valence-electron chi connectivity index (χ1n) is 10.8. The van der Waals surface area contributed by atoms with Crippen LogP contribution >= 0.6 is 21.6 Å². The number of esters is 2. The normalized spacial score (nSPS) is 23.2. The molecule has 0 saturated carbocycles. The summed E-state index contributed by atoms with van der Waals surface area (Å²) < 4.78 is 9.63. The molecule has 0 radical (unpaired) electrons. The molecule has 32 heavy (non-hydrogen) atoms. The second kappa shape index (κ2) is 13.3. The fourth-order valence-electron chi connectivity index (χ4n) is 3.96. The molecule has 0 aromatic rings. The number of carbonyl (C=O) groups excluding carboxylic acids is 4. The van der Waals surface area contributed by atoms with Gasteiger partial charge in [0.15, 0.2) is 0 Å². The Labute approximate surface area is 196 Å². The summed E-state index contributed by atoms with van der Waals surface area (Å²) in [5.41, 5.74) is 12.2. The summed E-state index contributed by atoms with van der Waals surface area (Å²) in [7, 11) is 5.34. The topological polar surface area (TPSA) is 145 Å². The standard InChI is InChI=1S/C20H34N4O6S2/c1-29-19(27)15-7-3-5-9-23(15)17(25)13(21)11-31-32-12-14(22)18(26)24-10-6-4-8-16(24)20(28)30-2/h13-16H,3-12,21-22H2,1-2H3/t13-,14-,15-,16-/m0/s1. The fourth-order valence-corrected chi connectivity index (χ4v) is 6.19. The largest absolute Gasteiger partial charge is 0.467 e. The second-order valence-corrected chi connectivity index (χ2v) is 10.5. The highest BCUT2D eigenvalue weighted by atomic mass is 33.1. The monoisotopic (exact) mass is 490 g/mol. The SMILES string of the molecule is COC(=O)[C@@H]1CCCCN1C(=O)[C@@H](N)CSSC[C@H](N)C(=O)N1CCCC[C@H]1C(=O)OC. The third-order valence-electron chi connectivity index (χ3n) is 5.73. The Kier molecular flexibility index (Phi) is 11.1. The number of hydrogen-bond donors (Lipinski definition) is 2. The van der Waals surface area contributed by atoms with Crippen molar-refractivity contribution in [3.63, 3.8) is 0 Å². The van der Waals surface area contributed by atoms with Crippen LogP contribution in [0.1, 0.15) is 38.5 Å². The number of amides is 2. The fraction of sp³-hybridized carbons (Fsp3) is 0.800. The molecule has 2 aliphatic heterocycles. The van der Waals surface area contributed by atoms with E-state index in [1.807, 2.05) is 0 Å². The van der Waals surface area contributed by atoms with Gasteiger partial charge < -0.3 is 30.7 Å². The smallest absolute Gasteiger partial charge is 0.328 e. The van der Waals surface area contributed by atoms with Crippen LogP contribution in [0, 0.1) is 0 Å². The summed E-state index contributed by atoms with van der Waals surface area (Å²) in [5.74, 6) is -0.739. The number of hydrogen-bond acceptors (Lipinski definition) is 10. The lowest BCUT2D eigenvalue weighted by molar-refractivity contribution is -0.155. The van der Waals surface area contributed by atoms with Gasteiger partial charge in [0, 0.05) is 24.6 Å². The van der Waals surface area contributed by atoms with Gasteiger partial charge in [-0.05, 0) is 38.5 Å². The first kappa shape index (κ1) is 26.7. The van der Waals surface area contributed by atoms with E-state index in [0.717, 1.165) is 25.7 Å². The molecule has 0 spiro atoms. The molecule has 2 saturated heterocycles. The molecule has 182 valence electrons. The molecule has 0 aromatic heterocycles. The molecule has 12 heteroatoms. The van der Waals surface area contributed by atoms with Crippen LogP contribution in [0.2, 0.25) is 0 Å². The van der Waals surface area contributed by atoms with Crippen molar-refractivity contribution in [3.8, 4) is 0 Å². The van der Waals surface area contributed by atoms with E-state index in [0.29, 0.717) is 37.4 Å². The number of ether oxygens (including phenoxy) is 2. The molecule has 2 heterocycles. The van der Waals surface area contributed by atoms with Gasteiger partial charge in [-0.3, -0.25) is 9.59 Å². The predicted octanol–water partition coefficient (Wildman–Crippen LogP) is 0.131. The average molecular weight is 491 g/mol. The van der Waals surface area contributed by atoms with Crippen molar-refractivity contribution in [3.05, 3.63) is 0 Å². The van der Waals surface area contributed by atoms with E-state index < -0.39 is 36.1 Å². The predicted molar refractivity (Wildman–Crippen MR) is 124 cm³/mol. The van der Waals surface area contributed by atoms with Gasteiger partial charge in [-0.15, -0.1) is 0 Å². The van der Waals surface area contributed by atoms with Crippen LogP contribution in [0.15, 0.2) is 0 Å². The van der Waals surface area contributed by atoms with Gasteiger partial charge in [-0.2, -0.15) is 0 Å². The average Bonchev–Trinajstić information content (AvgIpc) is 2.84. The highest BCUT2D eigenvalue weighted by molar-refractivity contribution is 8.76. The van der Waals surface area contributed by atoms with Crippen molar-refractivity contribution in [1.29, 1.82) is 0 Å². The van der Waals surface area contributed by atoms with Gasteiger partial charge in [0.05, 0.1) is 26.3 Å². The third kappa shape index (κ3) is 7.00. The molecular formula is C20H34N4O6S2.